The number of hydrogen-bond donors (Lipinski definition) is 0. The summed E-state index contributed by atoms with van der Waals surface area (Å²) in [6, 6.07) is 54.6. The Morgan fingerprint density at radius 3 is 0.828 bits per heavy atom. The minimum atomic E-state index is 0.158. The smallest absolute Gasteiger partial charge is 0.162 e. The molecule has 0 aliphatic carbocycles. The number of aromatic nitrogens is 12. The highest BCUT2D eigenvalue weighted by Gasteiger charge is 2.17. The van der Waals surface area contributed by atoms with Crippen LogP contribution >= 0.6 is 0 Å². The Kier molecular flexibility index (Phi) is 15.3. The number of pyridine rings is 3. The Morgan fingerprint density at radius 1 is 0.276 bits per heavy atom. The molecule has 0 unspecified atom stereocenters. The van der Waals surface area contributed by atoms with Crippen LogP contribution in [0.15, 0.2) is 238 Å². The van der Waals surface area contributed by atoms with E-state index in [0.717, 1.165) is 134 Å². The lowest BCUT2D eigenvalue weighted by Crippen LogP contribution is -2.05. The molecule has 0 saturated heterocycles. The molecule has 0 fully saturated rings. The van der Waals surface area contributed by atoms with E-state index in [1.165, 1.54) is 0 Å². The molecule has 87 heavy (non-hydrogen) atoms. The average Bonchev–Trinajstić information content (AvgIpc) is 1.90. The Hall–Kier alpha value is -11.2. The molecule has 9 aromatic heterocycles. The van der Waals surface area contributed by atoms with Gasteiger partial charge in [0, 0.05) is 105 Å². The summed E-state index contributed by atoms with van der Waals surface area (Å²) in [6.07, 6.45) is 23.3. The molecule has 0 aliphatic rings. The fourth-order valence-corrected chi connectivity index (χ4v) is 10.6. The number of fused-ring (bicyclic) bond motifs is 6. The van der Waals surface area contributed by atoms with Crippen molar-refractivity contribution in [2.24, 2.45) is 0 Å². The fraction of sp³-hybridized carbons (Fsp3) is 0.125. The van der Waals surface area contributed by atoms with Crippen molar-refractivity contribution in [2.75, 3.05) is 0 Å². The number of ether oxygens (including phenoxy) is 3. The van der Waals surface area contributed by atoms with E-state index in [1.807, 2.05) is 275 Å². The van der Waals surface area contributed by atoms with Crippen molar-refractivity contribution < 1.29 is 14.2 Å². The van der Waals surface area contributed by atoms with E-state index in [1.54, 1.807) is 0 Å². The van der Waals surface area contributed by atoms with Gasteiger partial charge in [-0.05, 0) is 148 Å². The lowest BCUT2D eigenvalue weighted by Gasteiger charge is -2.10. The zero-order valence-electron chi connectivity index (χ0n) is 48.8. The maximum absolute atomic E-state index is 5.72. The van der Waals surface area contributed by atoms with Crippen LogP contribution in [0.5, 0.6) is 17.2 Å². The maximum atomic E-state index is 5.72. The van der Waals surface area contributed by atoms with Crippen molar-refractivity contribution in [1.82, 2.24) is 58.7 Å². The maximum Gasteiger partial charge on any atom is 0.162 e. The zero-order chi connectivity index (χ0) is 59.4. The molecule has 0 bridgehead atoms. The van der Waals surface area contributed by atoms with Crippen molar-refractivity contribution in [3.05, 3.63) is 238 Å². The quantitative estimate of drug-likeness (QED) is 0.114. The van der Waals surface area contributed by atoms with Gasteiger partial charge < -0.3 is 14.2 Å². The second-order valence-electron chi connectivity index (χ2n) is 21.7. The highest BCUT2D eigenvalue weighted by Crippen LogP contribution is 2.35. The largest absolute Gasteiger partial charge is 0.491 e. The Bertz CT molecular complexity index is 4390. The lowest BCUT2D eigenvalue weighted by molar-refractivity contribution is 0.242. The Morgan fingerprint density at radius 2 is 0.552 bits per heavy atom. The first-order valence-corrected chi connectivity index (χ1v) is 28.9. The van der Waals surface area contributed by atoms with E-state index in [0.29, 0.717) is 0 Å². The van der Waals surface area contributed by atoms with Gasteiger partial charge in [-0.1, -0.05) is 91.0 Å². The van der Waals surface area contributed by atoms with Crippen LogP contribution < -0.4 is 14.2 Å². The molecule has 15 heteroatoms. The van der Waals surface area contributed by atoms with E-state index in [4.69, 9.17) is 29.2 Å². The normalized spacial score (nSPS) is 11.4. The van der Waals surface area contributed by atoms with E-state index >= 15 is 0 Å². The van der Waals surface area contributed by atoms with Crippen molar-refractivity contribution in [2.45, 2.75) is 59.9 Å². The van der Waals surface area contributed by atoms with Gasteiger partial charge in [-0.2, -0.15) is 15.3 Å². The van der Waals surface area contributed by atoms with Crippen molar-refractivity contribution in [1.29, 1.82) is 0 Å². The van der Waals surface area contributed by atoms with E-state index in [-0.39, 0.29) is 18.3 Å². The number of para-hydroxylation sites is 3. The lowest BCUT2D eigenvalue weighted by atomic mass is 10.0. The molecule has 15 rings (SSSR count). The molecule has 15 nitrogen and oxygen atoms in total. The summed E-state index contributed by atoms with van der Waals surface area (Å²) in [5, 5.41) is 16.9. The molecule has 6 aromatic carbocycles. The third kappa shape index (κ3) is 11.7. The molecule has 0 atom stereocenters. The molecule has 9 heterocycles. The van der Waals surface area contributed by atoms with Crippen LogP contribution in [-0.4, -0.2) is 77.1 Å². The summed E-state index contributed by atoms with van der Waals surface area (Å²) in [4.78, 5) is 27.5. The first-order chi connectivity index (χ1) is 42.6. The standard InChI is InChI=1S/3C24H20N4O/c3*1-16(2)29-19-9-7-17(8-10-19)18-13-26-24-22(14-27-28(24)15-18)20-11-12-25-23-6-4-3-5-21(20)23/h3*3-16H,1-2H3. The molecule has 426 valence electrons. The first-order valence-electron chi connectivity index (χ1n) is 28.9. The Labute approximate surface area is 502 Å². The molecule has 0 radical (unpaired) electrons. The monoisotopic (exact) mass is 1140 g/mol. The summed E-state index contributed by atoms with van der Waals surface area (Å²) in [7, 11) is 0. The van der Waals surface area contributed by atoms with Crippen LogP contribution in [-0.2, 0) is 0 Å². The van der Waals surface area contributed by atoms with Crippen LogP contribution in [0.3, 0.4) is 0 Å². The zero-order valence-corrected chi connectivity index (χ0v) is 48.8. The number of rotatable bonds is 12. The van der Waals surface area contributed by atoms with Crippen molar-refractivity contribution >= 4 is 49.7 Å². The molecule has 15 aromatic rings. The predicted molar refractivity (Wildman–Crippen MR) is 345 cm³/mol. The van der Waals surface area contributed by atoms with Crippen LogP contribution in [0.1, 0.15) is 41.5 Å². The van der Waals surface area contributed by atoms with Gasteiger partial charge in [-0.15, -0.1) is 0 Å². The second kappa shape index (κ2) is 24.2. The van der Waals surface area contributed by atoms with E-state index in [2.05, 4.69) is 48.4 Å². The second-order valence-corrected chi connectivity index (χ2v) is 21.7. The van der Waals surface area contributed by atoms with Crippen molar-refractivity contribution in [3.8, 4) is 84.0 Å². The average molecular weight is 1140 g/mol. The molecule has 0 spiro atoms. The fourth-order valence-electron chi connectivity index (χ4n) is 10.6. The number of hydrogen-bond acceptors (Lipinski definition) is 12. The molecule has 0 saturated carbocycles. The van der Waals surface area contributed by atoms with Crippen molar-refractivity contribution in [3.63, 3.8) is 0 Å². The van der Waals surface area contributed by atoms with Crippen LogP contribution in [0.4, 0.5) is 0 Å². The predicted octanol–water partition coefficient (Wildman–Crippen LogP) is 16.2. The molecule has 0 aliphatic heterocycles. The highest BCUT2D eigenvalue weighted by molar-refractivity contribution is 6.00. The van der Waals surface area contributed by atoms with Gasteiger partial charge >= 0.3 is 0 Å². The van der Waals surface area contributed by atoms with Gasteiger partial charge in [0.1, 0.15) is 17.2 Å². The van der Waals surface area contributed by atoms with E-state index in [9.17, 15) is 0 Å². The summed E-state index contributed by atoms with van der Waals surface area (Å²) >= 11 is 0. The van der Waals surface area contributed by atoms with Gasteiger partial charge in [0.05, 0.1) is 53.5 Å². The molecule has 0 N–H and O–H groups in total. The number of benzene rings is 6. The topological polar surface area (TPSA) is 157 Å². The van der Waals surface area contributed by atoms with Crippen LogP contribution in [0.2, 0.25) is 0 Å². The van der Waals surface area contributed by atoms with Gasteiger partial charge in [-0.25, -0.2) is 28.5 Å². The molecular formula is C72H60N12O3. The third-order valence-electron chi connectivity index (χ3n) is 14.6. The van der Waals surface area contributed by atoms with Crippen LogP contribution in [0.25, 0.3) is 116 Å². The first kappa shape index (κ1) is 55.0. The molecule has 0 amide bonds. The summed E-state index contributed by atoms with van der Waals surface area (Å²) in [6.45, 7) is 12.1. The minimum absolute atomic E-state index is 0.158. The van der Waals surface area contributed by atoms with Gasteiger partial charge in [0.2, 0.25) is 0 Å². The van der Waals surface area contributed by atoms with E-state index < -0.39 is 0 Å². The SMILES string of the molecule is CC(C)Oc1ccc(-c2cnc3c(-c4ccnc5ccccc45)cnn3c2)cc1.CC(C)Oc1ccc(-c2cnc3c(-c4ccnc5ccccc45)cnn3c2)cc1.CC(C)Oc1ccc(-c2cnc3c(-c4ccnc5ccccc45)cnn3c2)cc1. The summed E-state index contributed by atoms with van der Waals surface area (Å²) < 4.78 is 22.7. The van der Waals surface area contributed by atoms with Gasteiger partial charge in [0.15, 0.2) is 16.9 Å². The summed E-state index contributed by atoms with van der Waals surface area (Å²) in [5.41, 5.74) is 17.8. The van der Waals surface area contributed by atoms with Gasteiger partial charge in [0.25, 0.3) is 0 Å². The summed E-state index contributed by atoms with van der Waals surface area (Å²) in [5.74, 6) is 2.59. The minimum Gasteiger partial charge on any atom is -0.491 e. The number of nitrogens with zero attached hydrogens (tertiary/aromatic N) is 12. The van der Waals surface area contributed by atoms with Gasteiger partial charge in [-0.3, -0.25) is 15.0 Å². The molecular weight excluding hydrogens is 1080 g/mol. The van der Waals surface area contributed by atoms with Crippen LogP contribution in [0, 0.1) is 0 Å². The third-order valence-corrected chi connectivity index (χ3v) is 14.6. The highest BCUT2D eigenvalue weighted by atomic mass is 16.5. The Balaban J connectivity index is 0.000000121.